The van der Waals surface area contributed by atoms with Crippen molar-refractivity contribution in [3.05, 3.63) is 66.0 Å². The van der Waals surface area contributed by atoms with Gasteiger partial charge >= 0.3 is 0 Å². The van der Waals surface area contributed by atoms with Gasteiger partial charge in [-0.25, -0.2) is 9.97 Å². The Morgan fingerprint density at radius 1 is 1.11 bits per heavy atom. The molecule has 1 heterocycles. The van der Waals surface area contributed by atoms with Gasteiger partial charge in [0.2, 0.25) is 5.91 Å². The molecule has 1 amide bonds. The van der Waals surface area contributed by atoms with Gasteiger partial charge in [0.15, 0.2) is 0 Å². The lowest BCUT2D eigenvalue weighted by molar-refractivity contribution is -0.134. The van der Waals surface area contributed by atoms with Crippen molar-refractivity contribution in [2.45, 2.75) is 59.8 Å². The number of amides is 1. The lowest BCUT2D eigenvalue weighted by atomic mass is 9.51. The van der Waals surface area contributed by atoms with Gasteiger partial charge in [0, 0.05) is 11.8 Å². The van der Waals surface area contributed by atoms with E-state index in [1.165, 1.54) is 24.7 Å². The van der Waals surface area contributed by atoms with Crippen LogP contribution in [0.25, 0.3) is 0 Å². The number of allylic oxidation sites excluding steroid dienone is 4. The number of rotatable bonds is 5. The molecule has 1 fully saturated rings. The molecule has 3 aliphatic carbocycles. The van der Waals surface area contributed by atoms with Crippen molar-refractivity contribution in [3.8, 4) is 0 Å². The summed E-state index contributed by atoms with van der Waals surface area (Å²) in [5.74, 6) is 4.07. The molecular formula is C30H38N4O. The fourth-order valence-electron chi connectivity index (χ4n) is 6.75. The first-order valence-electron chi connectivity index (χ1n) is 13.2. The van der Waals surface area contributed by atoms with Gasteiger partial charge in [-0.3, -0.25) is 4.79 Å². The summed E-state index contributed by atoms with van der Waals surface area (Å²) >= 11 is 0. The second kappa shape index (κ2) is 9.60. The number of carbonyl (C=O) groups excluding carboxylic acids is 1. The van der Waals surface area contributed by atoms with E-state index in [2.05, 4.69) is 60.4 Å². The molecule has 0 unspecified atom stereocenters. The summed E-state index contributed by atoms with van der Waals surface area (Å²) in [4.78, 5) is 22.5. The molecule has 2 aromatic rings. The Morgan fingerprint density at radius 2 is 1.89 bits per heavy atom. The van der Waals surface area contributed by atoms with Gasteiger partial charge in [0.25, 0.3) is 0 Å². The Kier molecular flexibility index (Phi) is 6.52. The second-order valence-corrected chi connectivity index (χ2v) is 11.3. The number of hydrogen-bond donors (Lipinski definition) is 2. The van der Waals surface area contributed by atoms with Gasteiger partial charge in [-0.05, 0) is 79.4 Å². The van der Waals surface area contributed by atoms with Crippen LogP contribution in [0.2, 0.25) is 0 Å². The van der Waals surface area contributed by atoms with Crippen molar-refractivity contribution in [2.75, 3.05) is 10.6 Å². The summed E-state index contributed by atoms with van der Waals surface area (Å²) in [6.07, 6.45) is 11.8. The molecular weight excluding hydrogens is 432 g/mol. The largest absolute Gasteiger partial charge is 0.340 e. The topological polar surface area (TPSA) is 66.9 Å². The maximum Gasteiger partial charge on any atom is 0.231 e. The van der Waals surface area contributed by atoms with E-state index >= 15 is 0 Å². The van der Waals surface area contributed by atoms with Crippen LogP contribution in [0, 0.1) is 35.0 Å². The van der Waals surface area contributed by atoms with Crippen molar-refractivity contribution in [3.63, 3.8) is 0 Å². The molecule has 1 aromatic carbocycles. The summed E-state index contributed by atoms with van der Waals surface area (Å²) in [5.41, 5.74) is 3.66. The summed E-state index contributed by atoms with van der Waals surface area (Å²) in [6.45, 7) is 9.20. The number of fused-ring (bicyclic) bond motifs is 3. The normalized spacial score (nSPS) is 30.0. The number of benzene rings is 1. The van der Waals surface area contributed by atoms with E-state index in [0.29, 0.717) is 41.2 Å². The SMILES string of the molecule is CC(C)C1=CC2=CC[C@@H]3[C@H]([C@@H](C)CC[C@@]3(C)C(=O)Nc3cc(Nc4ccccc4)ncn3)[C@H]2CC1. The fraction of sp³-hybridized carbons (Fsp3) is 0.500. The molecule has 5 nitrogen and oxygen atoms in total. The van der Waals surface area contributed by atoms with E-state index in [-0.39, 0.29) is 5.91 Å². The lowest BCUT2D eigenvalue weighted by Gasteiger charge is -2.53. The number of nitrogens with one attached hydrogen (secondary N) is 2. The highest BCUT2D eigenvalue weighted by Gasteiger charge is 2.53. The monoisotopic (exact) mass is 470 g/mol. The number of para-hydroxylation sites is 1. The molecule has 0 spiro atoms. The summed E-state index contributed by atoms with van der Waals surface area (Å²) in [6, 6.07) is 11.7. The Morgan fingerprint density at radius 3 is 2.66 bits per heavy atom. The quantitative estimate of drug-likeness (QED) is 0.487. The predicted molar refractivity (Wildman–Crippen MR) is 142 cm³/mol. The van der Waals surface area contributed by atoms with E-state index in [4.69, 9.17) is 0 Å². The zero-order chi connectivity index (χ0) is 24.6. The van der Waals surface area contributed by atoms with Crippen LogP contribution >= 0.6 is 0 Å². The Balaban J connectivity index is 1.36. The highest BCUT2D eigenvalue weighted by atomic mass is 16.2. The third kappa shape index (κ3) is 4.65. The van der Waals surface area contributed by atoms with Gasteiger partial charge in [-0.2, -0.15) is 0 Å². The van der Waals surface area contributed by atoms with Crippen LogP contribution in [0.4, 0.5) is 17.3 Å². The van der Waals surface area contributed by atoms with Crippen molar-refractivity contribution < 1.29 is 4.79 Å². The van der Waals surface area contributed by atoms with Crippen LogP contribution < -0.4 is 10.6 Å². The van der Waals surface area contributed by atoms with Crippen molar-refractivity contribution in [1.82, 2.24) is 9.97 Å². The smallest absolute Gasteiger partial charge is 0.231 e. The van der Waals surface area contributed by atoms with E-state index in [1.54, 1.807) is 5.57 Å². The number of hydrogen-bond acceptors (Lipinski definition) is 4. The lowest BCUT2D eigenvalue weighted by Crippen LogP contribution is -2.51. The van der Waals surface area contributed by atoms with Crippen molar-refractivity contribution in [1.29, 1.82) is 0 Å². The van der Waals surface area contributed by atoms with Crippen molar-refractivity contribution >= 4 is 23.2 Å². The second-order valence-electron chi connectivity index (χ2n) is 11.3. The molecule has 2 N–H and O–H groups in total. The van der Waals surface area contributed by atoms with Crippen LogP contribution in [0.5, 0.6) is 0 Å². The molecule has 3 aliphatic rings. The molecule has 1 aromatic heterocycles. The average Bonchev–Trinajstić information content (AvgIpc) is 2.86. The molecule has 0 saturated heterocycles. The van der Waals surface area contributed by atoms with Gasteiger partial charge in [-0.1, -0.05) is 63.6 Å². The molecule has 0 bridgehead atoms. The summed E-state index contributed by atoms with van der Waals surface area (Å²) < 4.78 is 0. The van der Waals surface area contributed by atoms with Gasteiger partial charge in [-0.15, -0.1) is 0 Å². The zero-order valence-corrected chi connectivity index (χ0v) is 21.4. The Bertz CT molecular complexity index is 1140. The molecule has 184 valence electrons. The number of nitrogens with zero attached hydrogens (tertiary/aromatic N) is 2. The highest BCUT2D eigenvalue weighted by molar-refractivity contribution is 5.95. The van der Waals surface area contributed by atoms with Crippen LogP contribution in [0.15, 0.2) is 66.0 Å². The average molecular weight is 471 g/mol. The Hall–Kier alpha value is -2.95. The molecule has 0 aliphatic heterocycles. The molecule has 5 rings (SSSR count). The summed E-state index contributed by atoms with van der Waals surface area (Å²) in [7, 11) is 0. The third-order valence-electron chi connectivity index (χ3n) is 8.87. The van der Waals surface area contributed by atoms with Gasteiger partial charge < -0.3 is 10.6 Å². The first-order chi connectivity index (χ1) is 16.8. The molecule has 0 radical (unpaired) electrons. The number of anilines is 3. The predicted octanol–water partition coefficient (Wildman–Crippen LogP) is 7.15. The molecule has 5 atom stereocenters. The summed E-state index contributed by atoms with van der Waals surface area (Å²) in [5, 5.41) is 6.44. The number of carbonyl (C=O) groups is 1. The van der Waals surface area contributed by atoms with Crippen LogP contribution in [0.3, 0.4) is 0 Å². The van der Waals surface area contributed by atoms with Crippen LogP contribution in [0.1, 0.15) is 59.8 Å². The zero-order valence-electron chi connectivity index (χ0n) is 21.4. The first-order valence-corrected chi connectivity index (χ1v) is 13.2. The van der Waals surface area contributed by atoms with Gasteiger partial charge in [0.1, 0.15) is 18.0 Å². The molecule has 1 saturated carbocycles. The minimum absolute atomic E-state index is 0.0924. The van der Waals surface area contributed by atoms with Crippen molar-refractivity contribution in [2.24, 2.45) is 35.0 Å². The maximum absolute atomic E-state index is 13.8. The minimum atomic E-state index is -0.404. The van der Waals surface area contributed by atoms with E-state index in [1.807, 2.05) is 36.4 Å². The van der Waals surface area contributed by atoms with Crippen LogP contribution in [-0.2, 0) is 4.79 Å². The highest BCUT2D eigenvalue weighted by Crippen LogP contribution is 2.57. The Labute approximate surface area is 209 Å². The third-order valence-corrected chi connectivity index (χ3v) is 8.87. The van der Waals surface area contributed by atoms with E-state index in [0.717, 1.165) is 24.9 Å². The number of aromatic nitrogens is 2. The first kappa shape index (κ1) is 23.8. The molecule has 35 heavy (non-hydrogen) atoms. The molecule has 5 heteroatoms. The van der Waals surface area contributed by atoms with Gasteiger partial charge in [0.05, 0.1) is 5.41 Å². The standard InChI is InChI=1S/C30H38N4O/c1-19(2)21-10-12-24-22(16-21)11-13-25-28(24)20(3)14-15-30(25,4)29(35)34-27-17-26(31-18-32-27)33-23-8-6-5-7-9-23/h5-9,11,16-20,24-25,28H,10,12-15H2,1-4H3,(H2,31,32,33,34,35)/t20-,24-,25+,28+,30+/m0/s1. The van der Waals surface area contributed by atoms with Crippen LogP contribution in [-0.4, -0.2) is 15.9 Å². The maximum atomic E-state index is 13.8. The minimum Gasteiger partial charge on any atom is -0.340 e. The fourth-order valence-corrected chi connectivity index (χ4v) is 6.75. The van der Waals surface area contributed by atoms with E-state index in [9.17, 15) is 4.79 Å². The van der Waals surface area contributed by atoms with E-state index < -0.39 is 5.41 Å².